The van der Waals surface area contributed by atoms with Gasteiger partial charge in [-0.15, -0.1) is 0 Å². The van der Waals surface area contributed by atoms with Crippen LogP contribution in [0.4, 0.5) is 0 Å². The SMILES string of the molecule is Cc1cc(C(C)(C)c2ccc(C(C)(C)c3ccc(O)cc3)cc2)cc(C(C)c2ccc(C=O)cc2)c1O.Cc1cc(C(C)(C)c2ccc(C(C)(C)c3ccc(O)cc3)cc2)cc(C(C)c2ccsc2)c1O. The summed E-state index contributed by atoms with van der Waals surface area (Å²) in [6, 6.07) is 50.7. The number of hydrogen-bond acceptors (Lipinski definition) is 6. The maximum atomic E-state index is 11.1. The van der Waals surface area contributed by atoms with E-state index >= 15 is 0 Å². The second-order valence-electron chi connectivity index (χ2n) is 21.5. The Labute approximate surface area is 426 Å². The van der Waals surface area contributed by atoms with Gasteiger partial charge in [-0.1, -0.05) is 191 Å². The van der Waals surface area contributed by atoms with E-state index in [1.54, 1.807) is 35.6 Å². The highest BCUT2D eigenvalue weighted by Gasteiger charge is 2.31. The molecule has 1 heterocycles. The fourth-order valence-electron chi connectivity index (χ4n) is 9.77. The number of aldehydes is 1. The van der Waals surface area contributed by atoms with Gasteiger partial charge in [0.15, 0.2) is 0 Å². The predicted molar refractivity (Wildman–Crippen MR) is 294 cm³/mol. The molecule has 0 aliphatic heterocycles. The lowest BCUT2D eigenvalue weighted by atomic mass is 9.73. The summed E-state index contributed by atoms with van der Waals surface area (Å²) < 4.78 is 0. The summed E-state index contributed by atoms with van der Waals surface area (Å²) in [4.78, 5) is 11.1. The summed E-state index contributed by atoms with van der Waals surface area (Å²) in [6.45, 7) is 25.9. The maximum absolute atomic E-state index is 11.1. The quantitative estimate of drug-likeness (QED) is 0.0863. The number of hydrogen-bond donors (Lipinski definition) is 4. The Morgan fingerprint density at radius 2 is 0.718 bits per heavy atom. The van der Waals surface area contributed by atoms with E-state index in [0.717, 1.165) is 45.2 Å². The molecule has 8 rings (SSSR count). The van der Waals surface area contributed by atoms with Crippen molar-refractivity contribution < 1.29 is 25.2 Å². The number of thiophene rings is 1. The average molecular weight is 963 g/mol. The summed E-state index contributed by atoms with van der Waals surface area (Å²) >= 11 is 1.69. The first-order valence-electron chi connectivity index (χ1n) is 24.5. The van der Waals surface area contributed by atoms with Gasteiger partial charge in [0.1, 0.15) is 29.3 Å². The lowest BCUT2D eigenvalue weighted by Gasteiger charge is -2.30. The standard InChI is InChI=1S/C34H36O3.C31H34O2S/c1-22-19-29(20-31(32(22)37)23(2)25-9-7-24(21-35)8-10-25)34(5,6)27-13-11-26(12-14-27)33(3,4)28-15-17-30(36)18-16-28;1-20-17-26(18-28(29(20)33)21(2)22-15-16-34-19-22)31(5,6)24-9-7-23(8-10-24)30(3,4)25-11-13-27(32)14-12-25/h7-21,23,36-37H,1-6H3;7-19,21,32-33H,1-6H3. The number of phenols is 4. The maximum Gasteiger partial charge on any atom is 0.150 e. The van der Waals surface area contributed by atoms with Crippen molar-refractivity contribution in [2.75, 3.05) is 0 Å². The van der Waals surface area contributed by atoms with E-state index in [2.05, 4.69) is 159 Å². The van der Waals surface area contributed by atoms with Crippen molar-refractivity contribution in [2.45, 2.75) is 117 Å². The zero-order valence-electron chi connectivity index (χ0n) is 43.4. The number of rotatable bonds is 13. The van der Waals surface area contributed by atoms with Crippen molar-refractivity contribution >= 4 is 17.6 Å². The molecule has 0 radical (unpaired) electrons. The number of phenolic OH excluding ortho intramolecular Hbond substituents is 4. The van der Waals surface area contributed by atoms with E-state index in [9.17, 15) is 25.2 Å². The van der Waals surface area contributed by atoms with Gasteiger partial charge >= 0.3 is 0 Å². The molecule has 0 amide bonds. The van der Waals surface area contributed by atoms with Crippen LogP contribution < -0.4 is 0 Å². The molecule has 0 saturated heterocycles. The van der Waals surface area contributed by atoms with Crippen LogP contribution in [0.3, 0.4) is 0 Å². The Kier molecular flexibility index (Phi) is 15.0. The van der Waals surface area contributed by atoms with Crippen LogP contribution >= 0.6 is 11.3 Å². The van der Waals surface area contributed by atoms with Crippen molar-refractivity contribution in [1.29, 1.82) is 0 Å². The molecule has 1 aromatic heterocycles. The highest BCUT2D eigenvalue weighted by Crippen LogP contribution is 2.43. The van der Waals surface area contributed by atoms with Crippen LogP contribution in [-0.2, 0) is 21.7 Å². The fourth-order valence-corrected chi connectivity index (χ4v) is 10.5. The van der Waals surface area contributed by atoms with E-state index < -0.39 is 0 Å². The molecule has 0 bridgehead atoms. The van der Waals surface area contributed by atoms with Crippen LogP contribution in [0.25, 0.3) is 0 Å². The van der Waals surface area contributed by atoms with Crippen LogP contribution in [0.15, 0.2) is 162 Å². The number of carbonyl (C=O) groups excluding carboxylic acids is 1. The molecule has 71 heavy (non-hydrogen) atoms. The lowest BCUT2D eigenvalue weighted by Crippen LogP contribution is -2.22. The van der Waals surface area contributed by atoms with Crippen LogP contribution in [-0.4, -0.2) is 26.7 Å². The number of aryl methyl sites for hydroxylation is 2. The van der Waals surface area contributed by atoms with Gasteiger partial charge in [0.25, 0.3) is 0 Å². The Balaban J connectivity index is 0.000000209. The van der Waals surface area contributed by atoms with Crippen LogP contribution in [0, 0.1) is 13.8 Å². The van der Waals surface area contributed by atoms with Crippen molar-refractivity contribution in [2.24, 2.45) is 0 Å². The Morgan fingerprint density at radius 3 is 1.03 bits per heavy atom. The minimum absolute atomic E-state index is 0.0244. The molecule has 2 unspecified atom stereocenters. The summed E-state index contributed by atoms with van der Waals surface area (Å²) in [7, 11) is 0. The molecule has 8 aromatic rings. The molecule has 6 heteroatoms. The van der Waals surface area contributed by atoms with Crippen molar-refractivity contribution in [1.82, 2.24) is 0 Å². The molecule has 4 N–H and O–H groups in total. The second-order valence-corrected chi connectivity index (χ2v) is 22.3. The largest absolute Gasteiger partial charge is 0.508 e. The third kappa shape index (κ3) is 10.7. The Hall–Kier alpha value is -6.89. The van der Waals surface area contributed by atoms with Crippen LogP contribution in [0.1, 0.15) is 169 Å². The summed E-state index contributed by atoms with van der Waals surface area (Å²) in [5, 5.41) is 45.4. The summed E-state index contributed by atoms with van der Waals surface area (Å²) in [5.74, 6) is 1.38. The van der Waals surface area contributed by atoms with Crippen LogP contribution in [0.5, 0.6) is 23.0 Å². The molecule has 0 saturated carbocycles. The minimum Gasteiger partial charge on any atom is -0.508 e. The first-order chi connectivity index (χ1) is 33.5. The van der Waals surface area contributed by atoms with Gasteiger partial charge in [-0.3, -0.25) is 4.79 Å². The van der Waals surface area contributed by atoms with E-state index in [0.29, 0.717) is 17.1 Å². The monoisotopic (exact) mass is 962 g/mol. The normalized spacial score (nSPS) is 13.0. The van der Waals surface area contributed by atoms with Crippen molar-refractivity contribution in [3.05, 3.63) is 246 Å². The predicted octanol–water partition coefficient (Wildman–Crippen LogP) is 16.3. The number of aromatic hydroxyl groups is 4. The number of carbonyl (C=O) groups is 1. The van der Waals surface area contributed by atoms with Crippen molar-refractivity contribution in [3.8, 4) is 23.0 Å². The molecular weight excluding hydrogens is 893 g/mol. The highest BCUT2D eigenvalue weighted by atomic mass is 32.1. The smallest absolute Gasteiger partial charge is 0.150 e. The molecule has 5 nitrogen and oxygen atoms in total. The molecule has 0 aliphatic rings. The van der Waals surface area contributed by atoms with E-state index in [4.69, 9.17) is 0 Å². The zero-order valence-corrected chi connectivity index (χ0v) is 44.2. The zero-order chi connectivity index (χ0) is 51.6. The average Bonchev–Trinajstić information content (AvgIpc) is 3.91. The third-order valence-corrected chi connectivity index (χ3v) is 16.2. The first kappa shape index (κ1) is 51.9. The lowest BCUT2D eigenvalue weighted by molar-refractivity contribution is 0.112. The molecule has 366 valence electrons. The molecular formula is C65H70O5S. The Bertz CT molecular complexity index is 3090. The molecule has 7 aromatic carbocycles. The van der Waals surface area contributed by atoms with E-state index in [1.165, 1.54) is 38.9 Å². The van der Waals surface area contributed by atoms with Gasteiger partial charge in [-0.2, -0.15) is 11.3 Å². The van der Waals surface area contributed by atoms with Crippen molar-refractivity contribution in [3.63, 3.8) is 0 Å². The first-order valence-corrected chi connectivity index (χ1v) is 25.5. The third-order valence-electron chi connectivity index (χ3n) is 15.5. The van der Waals surface area contributed by atoms with E-state index in [-0.39, 0.29) is 45.0 Å². The summed E-state index contributed by atoms with van der Waals surface area (Å²) in [5.41, 5.74) is 15.2. The summed E-state index contributed by atoms with van der Waals surface area (Å²) in [6.07, 6.45) is 0.844. The topological polar surface area (TPSA) is 98.0 Å². The number of benzene rings is 7. The second kappa shape index (κ2) is 20.4. The van der Waals surface area contributed by atoms with Gasteiger partial charge in [0.05, 0.1) is 0 Å². The molecule has 2 atom stereocenters. The van der Waals surface area contributed by atoms with E-state index in [1.807, 2.05) is 62.4 Å². The van der Waals surface area contributed by atoms with Gasteiger partial charge in [0.2, 0.25) is 0 Å². The fraction of sp³-hybridized carbons (Fsp3) is 0.277. The minimum atomic E-state index is -0.282. The van der Waals surface area contributed by atoms with Gasteiger partial charge in [-0.05, 0) is 122 Å². The van der Waals surface area contributed by atoms with Crippen LogP contribution in [0.2, 0.25) is 0 Å². The van der Waals surface area contributed by atoms with Gasteiger partial charge < -0.3 is 20.4 Å². The molecule has 0 aliphatic carbocycles. The molecule has 0 fully saturated rings. The van der Waals surface area contributed by atoms with Gasteiger partial charge in [0, 0.05) is 50.2 Å². The van der Waals surface area contributed by atoms with Gasteiger partial charge in [-0.25, -0.2) is 0 Å². The highest BCUT2D eigenvalue weighted by molar-refractivity contribution is 7.08. The molecule has 0 spiro atoms. The Morgan fingerprint density at radius 1 is 0.408 bits per heavy atom.